The first kappa shape index (κ1) is 11.4. The highest BCUT2D eigenvalue weighted by Gasteiger charge is 2.16. The largest absolute Gasteiger partial charge is 0.465 e. The number of aromatic nitrogens is 2. The molecule has 0 atom stereocenters. The first-order valence-electron chi connectivity index (χ1n) is 5.35. The van der Waals surface area contributed by atoms with E-state index in [1.165, 1.54) is 7.11 Å². The van der Waals surface area contributed by atoms with Gasteiger partial charge in [-0.2, -0.15) is 5.10 Å². The zero-order valence-corrected chi connectivity index (χ0v) is 9.88. The van der Waals surface area contributed by atoms with Crippen LogP contribution in [0.1, 0.15) is 21.6 Å². The molecule has 0 saturated heterocycles. The first-order valence-corrected chi connectivity index (χ1v) is 5.35. The number of hydrogen-bond donors (Lipinski definition) is 0. The molecule has 88 valence electrons. The van der Waals surface area contributed by atoms with E-state index in [2.05, 4.69) is 5.10 Å². The average Bonchev–Trinajstić information content (AvgIpc) is 2.72. The van der Waals surface area contributed by atoms with Crippen molar-refractivity contribution in [2.75, 3.05) is 7.11 Å². The summed E-state index contributed by atoms with van der Waals surface area (Å²) in [4.78, 5) is 11.6. The Morgan fingerprint density at radius 1 is 1.35 bits per heavy atom. The maximum atomic E-state index is 11.6. The Morgan fingerprint density at radius 2 is 2.06 bits per heavy atom. The minimum Gasteiger partial charge on any atom is -0.465 e. The summed E-state index contributed by atoms with van der Waals surface area (Å²) in [6, 6.07) is 9.96. The molecule has 0 aliphatic heterocycles. The molecule has 4 heteroatoms. The van der Waals surface area contributed by atoms with Gasteiger partial charge in [-0.3, -0.25) is 4.68 Å². The van der Waals surface area contributed by atoms with Gasteiger partial charge in [0.05, 0.1) is 19.0 Å². The van der Waals surface area contributed by atoms with E-state index in [0.29, 0.717) is 12.0 Å². The molecule has 0 N–H and O–H groups in total. The summed E-state index contributed by atoms with van der Waals surface area (Å²) in [6.07, 6.45) is 2.21. The smallest absolute Gasteiger partial charge is 0.341 e. The van der Waals surface area contributed by atoms with E-state index in [0.717, 1.165) is 11.3 Å². The second-order valence-electron chi connectivity index (χ2n) is 3.78. The molecule has 1 aromatic carbocycles. The highest BCUT2D eigenvalue weighted by atomic mass is 16.5. The van der Waals surface area contributed by atoms with Gasteiger partial charge in [-0.25, -0.2) is 4.79 Å². The number of esters is 1. The molecule has 0 amide bonds. The SMILES string of the molecule is COC(=O)c1cnn(C)c1Cc1ccccc1. The van der Waals surface area contributed by atoms with Crippen LogP contribution in [0.2, 0.25) is 0 Å². The fourth-order valence-electron chi connectivity index (χ4n) is 1.74. The second-order valence-corrected chi connectivity index (χ2v) is 3.78. The number of aryl methyl sites for hydroxylation is 1. The number of rotatable bonds is 3. The maximum absolute atomic E-state index is 11.6. The van der Waals surface area contributed by atoms with E-state index < -0.39 is 0 Å². The van der Waals surface area contributed by atoms with Gasteiger partial charge < -0.3 is 4.74 Å². The molecule has 0 spiro atoms. The van der Waals surface area contributed by atoms with E-state index in [-0.39, 0.29) is 5.97 Å². The summed E-state index contributed by atoms with van der Waals surface area (Å²) >= 11 is 0. The van der Waals surface area contributed by atoms with Crippen LogP contribution in [0.3, 0.4) is 0 Å². The Kier molecular flexibility index (Phi) is 3.23. The van der Waals surface area contributed by atoms with Crippen LogP contribution in [0.25, 0.3) is 0 Å². The van der Waals surface area contributed by atoms with Crippen LogP contribution in [0.5, 0.6) is 0 Å². The van der Waals surface area contributed by atoms with Gasteiger partial charge in [0.25, 0.3) is 0 Å². The van der Waals surface area contributed by atoms with Crippen LogP contribution in [0.15, 0.2) is 36.5 Å². The molecule has 0 radical (unpaired) electrons. The maximum Gasteiger partial charge on any atom is 0.341 e. The number of carbonyl (C=O) groups is 1. The van der Waals surface area contributed by atoms with Gasteiger partial charge in [-0.05, 0) is 5.56 Å². The lowest BCUT2D eigenvalue weighted by molar-refractivity contribution is 0.0599. The van der Waals surface area contributed by atoms with Crippen LogP contribution in [0, 0.1) is 0 Å². The van der Waals surface area contributed by atoms with Crippen molar-refractivity contribution < 1.29 is 9.53 Å². The molecule has 0 aliphatic carbocycles. The van der Waals surface area contributed by atoms with Crippen molar-refractivity contribution in [1.29, 1.82) is 0 Å². The molecule has 1 aromatic heterocycles. The van der Waals surface area contributed by atoms with E-state index in [4.69, 9.17) is 4.74 Å². The summed E-state index contributed by atoms with van der Waals surface area (Å²) in [5.41, 5.74) is 2.53. The van der Waals surface area contributed by atoms with Crippen LogP contribution >= 0.6 is 0 Å². The zero-order valence-electron chi connectivity index (χ0n) is 9.88. The van der Waals surface area contributed by atoms with Crippen LogP contribution in [-0.2, 0) is 18.2 Å². The van der Waals surface area contributed by atoms with Crippen molar-refractivity contribution in [3.63, 3.8) is 0 Å². The highest BCUT2D eigenvalue weighted by molar-refractivity contribution is 5.90. The predicted octanol–water partition coefficient (Wildman–Crippen LogP) is 1.80. The monoisotopic (exact) mass is 230 g/mol. The second kappa shape index (κ2) is 4.82. The van der Waals surface area contributed by atoms with Crippen molar-refractivity contribution in [3.8, 4) is 0 Å². The van der Waals surface area contributed by atoms with Gasteiger partial charge >= 0.3 is 5.97 Å². The lowest BCUT2D eigenvalue weighted by Crippen LogP contribution is -2.07. The quantitative estimate of drug-likeness (QED) is 0.755. The Balaban J connectivity index is 2.32. The van der Waals surface area contributed by atoms with E-state index in [1.54, 1.807) is 10.9 Å². The zero-order chi connectivity index (χ0) is 12.3. The topological polar surface area (TPSA) is 44.1 Å². The molecule has 4 nitrogen and oxygen atoms in total. The minimum absolute atomic E-state index is 0.343. The van der Waals surface area contributed by atoms with Gasteiger partial charge in [0.2, 0.25) is 0 Å². The lowest BCUT2D eigenvalue weighted by Gasteiger charge is -2.05. The molecular weight excluding hydrogens is 216 g/mol. The molecule has 2 aromatic rings. The average molecular weight is 230 g/mol. The number of methoxy groups -OCH3 is 1. The number of nitrogens with zero attached hydrogens (tertiary/aromatic N) is 2. The molecule has 0 fully saturated rings. The number of benzene rings is 1. The molecule has 0 bridgehead atoms. The summed E-state index contributed by atoms with van der Waals surface area (Å²) in [5, 5.41) is 4.10. The minimum atomic E-state index is -0.343. The predicted molar refractivity (Wildman–Crippen MR) is 63.8 cm³/mol. The summed E-state index contributed by atoms with van der Waals surface area (Å²) in [6.45, 7) is 0. The van der Waals surface area contributed by atoms with Crippen molar-refractivity contribution in [1.82, 2.24) is 9.78 Å². The Labute approximate surface area is 99.8 Å². The number of hydrogen-bond acceptors (Lipinski definition) is 3. The fraction of sp³-hybridized carbons (Fsp3) is 0.231. The van der Waals surface area contributed by atoms with Crippen LogP contribution < -0.4 is 0 Å². The molecule has 0 unspecified atom stereocenters. The molecule has 17 heavy (non-hydrogen) atoms. The fourth-order valence-corrected chi connectivity index (χ4v) is 1.74. The van der Waals surface area contributed by atoms with E-state index in [1.807, 2.05) is 37.4 Å². The Hall–Kier alpha value is -2.10. The summed E-state index contributed by atoms with van der Waals surface area (Å²) < 4.78 is 6.44. The van der Waals surface area contributed by atoms with Crippen molar-refractivity contribution >= 4 is 5.97 Å². The number of carbonyl (C=O) groups excluding carboxylic acids is 1. The van der Waals surface area contributed by atoms with Crippen molar-refractivity contribution in [2.45, 2.75) is 6.42 Å². The molecule has 1 heterocycles. The van der Waals surface area contributed by atoms with E-state index in [9.17, 15) is 4.79 Å². The molecule has 2 rings (SSSR count). The van der Waals surface area contributed by atoms with E-state index >= 15 is 0 Å². The first-order chi connectivity index (χ1) is 8.22. The normalized spacial score (nSPS) is 10.2. The Bertz CT molecular complexity index is 517. The van der Waals surface area contributed by atoms with Crippen molar-refractivity contribution in [2.24, 2.45) is 7.05 Å². The number of ether oxygens (including phenoxy) is 1. The standard InChI is InChI=1S/C13H14N2O2/c1-15-12(8-10-6-4-3-5-7-10)11(9-14-15)13(16)17-2/h3-7,9H,8H2,1-2H3. The van der Waals surface area contributed by atoms with Gasteiger partial charge in [-0.15, -0.1) is 0 Å². The molecular formula is C13H14N2O2. The van der Waals surface area contributed by atoms with Crippen LogP contribution in [0.4, 0.5) is 0 Å². The van der Waals surface area contributed by atoms with Gasteiger partial charge in [0.15, 0.2) is 0 Å². The lowest BCUT2D eigenvalue weighted by atomic mass is 10.1. The third-order valence-corrected chi connectivity index (χ3v) is 2.68. The summed E-state index contributed by atoms with van der Waals surface area (Å²) in [7, 11) is 3.20. The highest BCUT2D eigenvalue weighted by Crippen LogP contribution is 2.14. The van der Waals surface area contributed by atoms with Gasteiger partial charge in [-0.1, -0.05) is 30.3 Å². The van der Waals surface area contributed by atoms with Gasteiger partial charge in [0.1, 0.15) is 5.56 Å². The third-order valence-electron chi connectivity index (χ3n) is 2.68. The van der Waals surface area contributed by atoms with Gasteiger partial charge in [0, 0.05) is 13.5 Å². The summed E-state index contributed by atoms with van der Waals surface area (Å²) in [5.74, 6) is -0.343. The third kappa shape index (κ3) is 2.36. The Morgan fingerprint density at radius 3 is 2.71 bits per heavy atom. The molecule has 0 aliphatic rings. The molecule has 0 saturated carbocycles. The van der Waals surface area contributed by atoms with Crippen molar-refractivity contribution in [3.05, 3.63) is 53.3 Å². The van der Waals surface area contributed by atoms with Crippen LogP contribution in [-0.4, -0.2) is 22.9 Å².